The minimum Gasteiger partial charge on any atom is -0.391 e. The maximum atomic E-state index is 10.6. The molecule has 0 aliphatic rings. The molecule has 4 nitrogen and oxygen atoms in total. The minimum absolute atomic E-state index is 0.189. The Morgan fingerprint density at radius 1 is 1.50 bits per heavy atom. The molecule has 0 aliphatic heterocycles. The third-order valence-corrected chi connectivity index (χ3v) is 2.20. The van der Waals surface area contributed by atoms with Crippen molar-refractivity contribution in [1.29, 1.82) is 0 Å². The SMILES string of the molecule is C=Cc1cccc2cnc(OC(N)=O)cc12. The molecule has 1 amide bonds. The molecule has 2 aromatic rings. The predicted octanol–water partition coefficient (Wildman–Crippen LogP) is 2.34. The number of rotatable bonds is 2. The molecule has 4 heteroatoms. The number of ether oxygens (including phenoxy) is 1. The number of nitrogens with zero attached hydrogens (tertiary/aromatic N) is 1. The van der Waals surface area contributed by atoms with E-state index in [9.17, 15) is 4.79 Å². The second kappa shape index (κ2) is 4.02. The standard InChI is InChI=1S/C12H10N2O2/c1-2-8-4-3-5-9-7-14-11(6-10(8)9)16-12(13)15/h2-7H,1H2,(H2,13,15). The van der Waals surface area contributed by atoms with Crippen molar-refractivity contribution in [3.8, 4) is 5.88 Å². The van der Waals surface area contributed by atoms with Gasteiger partial charge in [-0.05, 0) is 10.9 Å². The molecule has 0 radical (unpaired) electrons. The molecule has 2 N–H and O–H groups in total. The molecule has 0 bridgehead atoms. The Hall–Kier alpha value is -2.36. The number of nitrogens with two attached hydrogens (primary N) is 1. The fourth-order valence-electron chi connectivity index (χ4n) is 1.51. The molecule has 1 aromatic carbocycles. The molecule has 0 spiro atoms. The second-order valence-corrected chi connectivity index (χ2v) is 3.22. The molecule has 0 unspecified atom stereocenters. The van der Waals surface area contributed by atoms with E-state index >= 15 is 0 Å². The zero-order valence-corrected chi connectivity index (χ0v) is 8.51. The van der Waals surface area contributed by atoms with Gasteiger partial charge in [-0.3, -0.25) is 0 Å². The fraction of sp³-hybridized carbons (Fsp3) is 0. The van der Waals surface area contributed by atoms with Crippen molar-refractivity contribution in [3.05, 3.63) is 42.6 Å². The van der Waals surface area contributed by atoms with Crippen molar-refractivity contribution >= 4 is 22.9 Å². The van der Waals surface area contributed by atoms with Crippen molar-refractivity contribution in [2.24, 2.45) is 5.73 Å². The molecule has 0 saturated heterocycles. The first kappa shape index (κ1) is 10.2. The lowest BCUT2D eigenvalue weighted by Gasteiger charge is -2.04. The van der Waals surface area contributed by atoms with Gasteiger partial charge < -0.3 is 10.5 Å². The Bertz CT molecular complexity index is 564. The van der Waals surface area contributed by atoms with E-state index in [2.05, 4.69) is 11.6 Å². The number of aromatic nitrogens is 1. The van der Waals surface area contributed by atoms with E-state index in [1.165, 1.54) is 0 Å². The number of benzene rings is 1. The molecule has 0 saturated carbocycles. The van der Waals surface area contributed by atoms with Gasteiger partial charge in [-0.2, -0.15) is 0 Å². The van der Waals surface area contributed by atoms with Gasteiger partial charge in [0.1, 0.15) is 0 Å². The number of amides is 1. The lowest BCUT2D eigenvalue weighted by molar-refractivity contribution is 0.209. The molecule has 16 heavy (non-hydrogen) atoms. The fourth-order valence-corrected chi connectivity index (χ4v) is 1.51. The summed E-state index contributed by atoms with van der Waals surface area (Å²) in [5.41, 5.74) is 5.87. The first-order valence-electron chi connectivity index (χ1n) is 4.69. The van der Waals surface area contributed by atoms with Gasteiger partial charge in [-0.15, -0.1) is 0 Å². The number of fused-ring (bicyclic) bond motifs is 1. The zero-order valence-electron chi connectivity index (χ0n) is 8.51. The summed E-state index contributed by atoms with van der Waals surface area (Å²) in [7, 11) is 0. The van der Waals surface area contributed by atoms with Crippen molar-refractivity contribution in [2.75, 3.05) is 0 Å². The summed E-state index contributed by atoms with van der Waals surface area (Å²) in [6.45, 7) is 3.72. The van der Waals surface area contributed by atoms with Crippen LogP contribution < -0.4 is 10.5 Å². The van der Waals surface area contributed by atoms with Gasteiger partial charge in [0.15, 0.2) is 0 Å². The lowest BCUT2D eigenvalue weighted by atomic mass is 10.1. The monoisotopic (exact) mass is 214 g/mol. The van der Waals surface area contributed by atoms with E-state index < -0.39 is 6.09 Å². The van der Waals surface area contributed by atoms with Gasteiger partial charge in [-0.25, -0.2) is 9.78 Å². The zero-order chi connectivity index (χ0) is 11.5. The van der Waals surface area contributed by atoms with Gasteiger partial charge in [0, 0.05) is 17.6 Å². The predicted molar refractivity (Wildman–Crippen MR) is 62.0 cm³/mol. The normalized spacial score (nSPS) is 10.0. The summed E-state index contributed by atoms with van der Waals surface area (Å²) in [5, 5.41) is 1.87. The van der Waals surface area contributed by atoms with Crippen LogP contribution in [0.2, 0.25) is 0 Å². The first-order chi connectivity index (χ1) is 7.70. The summed E-state index contributed by atoms with van der Waals surface area (Å²) in [5.74, 6) is 0.189. The van der Waals surface area contributed by atoms with E-state index in [4.69, 9.17) is 10.5 Å². The molecule has 80 valence electrons. The minimum atomic E-state index is -0.872. The van der Waals surface area contributed by atoms with Crippen molar-refractivity contribution in [1.82, 2.24) is 4.98 Å². The summed E-state index contributed by atoms with van der Waals surface area (Å²) < 4.78 is 4.72. The Labute approximate surface area is 92.4 Å². The van der Waals surface area contributed by atoms with Crippen LogP contribution in [0.3, 0.4) is 0 Å². The highest BCUT2D eigenvalue weighted by Gasteiger charge is 2.04. The summed E-state index contributed by atoms with van der Waals surface area (Å²) in [4.78, 5) is 14.6. The van der Waals surface area contributed by atoms with Crippen LogP contribution in [0.15, 0.2) is 37.0 Å². The van der Waals surface area contributed by atoms with Crippen LogP contribution in [0.1, 0.15) is 5.56 Å². The van der Waals surface area contributed by atoms with E-state index in [1.807, 2.05) is 18.2 Å². The quantitative estimate of drug-likeness (QED) is 0.834. The number of carbonyl (C=O) groups excluding carboxylic acids is 1. The highest BCUT2D eigenvalue weighted by atomic mass is 16.6. The highest BCUT2D eigenvalue weighted by Crippen LogP contribution is 2.22. The third-order valence-electron chi connectivity index (χ3n) is 2.20. The van der Waals surface area contributed by atoms with E-state index in [1.54, 1.807) is 18.3 Å². The van der Waals surface area contributed by atoms with Crippen LogP contribution >= 0.6 is 0 Å². The van der Waals surface area contributed by atoms with Crippen LogP contribution in [-0.2, 0) is 0 Å². The van der Waals surface area contributed by atoms with E-state index in [-0.39, 0.29) is 5.88 Å². The molecule has 1 aromatic heterocycles. The smallest absolute Gasteiger partial charge is 0.391 e. The van der Waals surface area contributed by atoms with Gasteiger partial charge in [0.05, 0.1) is 0 Å². The van der Waals surface area contributed by atoms with Crippen molar-refractivity contribution < 1.29 is 9.53 Å². The van der Waals surface area contributed by atoms with Gasteiger partial charge in [0.25, 0.3) is 0 Å². The van der Waals surface area contributed by atoms with Gasteiger partial charge >= 0.3 is 6.09 Å². The summed E-state index contributed by atoms with van der Waals surface area (Å²) in [6.07, 6.45) is 2.49. The van der Waals surface area contributed by atoms with Gasteiger partial charge in [0.2, 0.25) is 5.88 Å². The lowest BCUT2D eigenvalue weighted by Crippen LogP contribution is -2.16. The Morgan fingerprint density at radius 2 is 2.31 bits per heavy atom. The van der Waals surface area contributed by atoms with E-state index in [0.29, 0.717) is 0 Å². The molecular weight excluding hydrogens is 204 g/mol. The number of hydrogen-bond acceptors (Lipinski definition) is 3. The summed E-state index contributed by atoms with van der Waals surface area (Å²) >= 11 is 0. The molecular formula is C12H10N2O2. The summed E-state index contributed by atoms with van der Waals surface area (Å²) in [6, 6.07) is 7.42. The maximum Gasteiger partial charge on any atom is 0.411 e. The Balaban J connectivity index is 2.58. The van der Waals surface area contributed by atoms with Crippen LogP contribution in [0.5, 0.6) is 5.88 Å². The number of carbonyl (C=O) groups is 1. The van der Waals surface area contributed by atoms with Crippen molar-refractivity contribution in [2.45, 2.75) is 0 Å². The number of hydrogen-bond donors (Lipinski definition) is 1. The molecule has 1 heterocycles. The van der Waals surface area contributed by atoms with Crippen LogP contribution in [0.25, 0.3) is 16.8 Å². The third kappa shape index (κ3) is 1.86. The van der Waals surface area contributed by atoms with Crippen LogP contribution in [-0.4, -0.2) is 11.1 Å². The molecule has 2 rings (SSSR count). The first-order valence-corrected chi connectivity index (χ1v) is 4.69. The van der Waals surface area contributed by atoms with Crippen molar-refractivity contribution in [3.63, 3.8) is 0 Å². The topological polar surface area (TPSA) is 65.2 Å². The Morgan fingerprint density at radius 3 is 3.00 bits per heavy atom. The second-order valence-electron chi connectivity index (χ2n) is 3.22. The Kier molecular flexibility index (Phi) is 2.55. The number of primary amides is 1. The molecule has 0 atom stereocenters. The average Bonchev–Trinajstić information content (AvgIpc) is 2.27. The van der Waals surface area contributed by atoms with Gasteiger partial charge in [-0.1, -0.05) is 30.9 Å². The molecule has 0 aliphatic carbocycles. The molecule has 0 fully saturated rings. The van der Waals surface area contributed by atoms with Crippen LogP contribution in [0, 0.1) is 0 Å². The van der Waals surface area contributed by atoms with Crippen LogP contribution in [0.4, 0.5) is 4.79 Å². The van der Waals surface area contributed by atoms with E-state index in [0.717, 1.165) is 16.3 Å². The number of pyridine rings is 1. The largest absolute Gasteiger partial charge is 0.411 e. The highest BCUT2D eigenvalue weighted by molar-refractivity contribution is 5.90. The average molecular weight is 214 g/mol. The maximum absolute atomic E-state index is 10.6.